The smallest absolute Gasteiger partial charge is 0.356 e. The van der Waals surface area contributed by atoms with Crippen LogP contribution in [-0.2, 0) is 39.3 Å². The average molecular weight is 705 g/mol. The average Bonchev–Trinajstić information content (AvgIpc) is 3.83. The van der Waals surface area contributed by atoms with Gasteiger partial charge in [-0.1, -0.05) is 140 Å². The van der Waals surface area contributed by atoms with Crippen molar-refractivity contribution in [2.45, 2.75) is 43.7 Å². The molecule has 2 heterocycles. The first-order valence-electron chi connectivity index (χ1n) is 17.3. The van der Waals surface area contributed by atoms with Crippen LogP contribution in [0, 0.1) is 0 Å². The van der Waals surface area contributed by atoms with E-state index in [4.69, 9.17) is 19.7 Å². The second-order valence-corrected chi connectivity index (χ2v) is 13.4. The van der Waals surface area contributed by atoms with Crippen LogP contribution in [0.5, 0.6) is 0 Å². The van der Waals surface area contributed by atoms with E-state index in [-0.39, 0.29) is 18.0 Å². The zero-order valence-electron chi connectivity index (χ0n) is 30.0. The van der Waals surface area contributed by atoms with E-state index < -0.39 is 22.6 Å². The minimum atomic E-state index is -1.38. The van der Waals surface area contributed by atoms with Gasteiger partial charge in [-0.25, -0.2) is 9.78 Å². The number of aliphatic hydroxyl groups is 1. The van der Waals surface area contributed by atoms with Crippen molar-refractivity contribution < 1.29 is 19.4 Å². The Balaban J connectivity index is 1.39. The minimum Gasteiger partial charge on any atom is -0.464 e. The molecule has 1 aliphatic heterocycles. The van der Waals surface area contributed by atoms with E-state index in [2.05, 4.69) is 64.0 Å². The maximum Gasteiger partial charge on any atom is 0.356 e. The number of imidazole rings is 1. The van der Waals surface area contributed by atoms with Crippen molar-refractivity contribution in [3.05, 3.63) is 185 Å². The molecule has 1 aromatic heterocycles. The van der Waals surface area contributed by atoms with Crippen molar-refractivity contribution in [1.29, 1.82) is 0 Å². The number of carbonyl (C=O) groups is 1. The highest BCUT2D eigenvalue weighted by atomic mass is 16.5. The van der Waals surface area contributed by atoms with Crippen LogP contribution in [0.4, 0.5) is 0 Å². The lowest BCUT2D eigenvalue weighted by Gasteiger charge is -2.45. The first kappa shape index (κ1) is 35.3. The van der Waals surface area contributed by atoms with Crippen molar-refractivity contribution in [3.8, 4) is 11.1 Å². The van der Waals surface area contributed by atoms with Gasteiger partial charge in [0.1, 0.15) is 23.7 Å². The minimum absolute atomic E-state index is 0.142. The summed E-state index contributed by atoms with van der Waals surface area (Å²) >= 11 is 0. The molecule has 1 N–H and O–H groups in total. The molecule has 0 fully saturated rings. The molecule has 53 heavy (non-hydrogen) atoms. The number of benzene rings is 5. The molecule has 6 aromatic rings. The molecule has 5 aromatic carbocycles. The Hall–Kier alpha value is -6.10. The van der Waals surface area contributed by atoms with Gasteiger partial charge in [0.15, 0.2) is 5.69 Å². The highest BCUT2D eigenvalue weighted by Gasteiger charge is 2.60. The van der Waals surface area contributed by atoms with Gasteiger partial charge >= 0.3 is 5.97 Å². The van der Waals surface area contributed by atoms with Crippen LogP contribution in [0.2, 0.25) is 0 Å². The van der Waals surface area contributed by atoms with Gasteiger partial charge in [0.05, 0.1) is 12.5 Å². The predicted molar refractivity (Wildman–Crippen MR) is 201 cm³/mol. The van der Waals surface area contributed by atoms with Crippen LogP contribution < -0.4 is 0 Å². The molecule has 0 unspecified atom stereocenters. The van der Waals surface area contributed by atoms with Crippen molar-refractivity contribution in [3.63, 3.8) is 0 Å². The largest absolute Gasteiger partial charge is 0.464 e. The Kier molecular flexibility index (Phi) is 9.66. The molecular weight excluding hydrogens is 665 g/mol. The van der Waals surface area contributed by atoms with E-state index >= 15 is 0 Å². The summed E-state index contributed by atoms with van der Waals surface area (Å²) in [4.78, 5) is 17.7. The number of aromatic nitrogens is 2. The van der Waals surface area contributed by atoms with Crippen molar-refractivity contribution in [2.24, 2.45) is 20.7 Å². The molecule has 0 saturated heterocycles. The third-order valence-electron chi connectivity index (χ3n) is 9.75. The number of carbonyl (C=O) groups excluding carboxylic acids is 1. The predicted octanol–water partition coefficient (Wildman–Crippen LogP) is 8.78. The summed E-state index contributed by atoms with van der Waals surface area (Å²) in [5, 5.41) is 29.3. The SMILES string of the molecule is COCc1nc(C(C)(C)O)c(C(=O)OC)n1Cc1ccc(-c2ccccc2C2(C(c3ccccc3)(c3ccccc3)c3ccccc3)N=NN=N2)cc1. The lowest BCUT2D eigenvalue weighted by molar-refractivity contribution is 0.0532. The van der Waals surface area contributed by atoms with Gasteiger partial charge in [-0.2, -0.15) is 0 Å². The van der Waals surface area contributed by atoms with Crippen LogP contribution in [0.15, 0.2) is 160 Å². The molecule has 0 bridgehead atoms. The van der Waals surface area contributed by atoms with Gasteiger partial charge in [-0.05, 0) is 57.7 Å². The second-order valence-electron chi connectivity index (χ2n) is 13.4. The fourth-order valence-electron chi connectivity index (χ4n) is 7.47. The number of hydrogen-bond acceptors (Lipinski definition) is 9. The quantitative estimate of drug-likeness (QED) is 0.101. The van der Waals surface area contributed by atoms with E-state index in [0.29, 0.717) is 12.4 Å². The fraction of sp³-hybridized carbons (Fsp3) is 0.209. The third-order valence-corrected chi connectivity index (χ3v) is 9.75. The normalized spacial score (nSPS) is 13.7. The number of rotatable bonds is 12. The molecule has 0 saturated carbocycles. The Morgan fingerprint density at radius 1 is 0.717 bits per heavy atom. The van der Waals surface area contributed by atoms with Gasteiger partial charge in [-0.15, -0.1) is 10.2 Å². The first-order chi connectivity index (χ1) is 25.7. The zero-order valence-corrected chi connectivity index (χ0v) is 30.0. The monoisotopic (exact) mass is 704 g/mol. The van der Waals surface area contributed by atoms with Gasteiger partial charge < -0.3 is 19.1 Å². The number of nitrogens with zero attached hydrogens (tertiary/aromatic N) is 6. The fourth-order valence-corrected chi connectivity index (χ4v) is 7.47. The summed E-state index contributed by atoms with van der Waals surface area (Å²) < 4.78 is 12.3. The second kappa shape index (κ2) is 14.5. The standard InChI is InChI=1S/C43H40N6O4/c1-41(2,51)39-38(40(50)53-4)49(37(44-39)29-52-3)28-30-24-26-31(27-25-30)35-22-14-15-23-36(35)43(45-47-48-46-43)42(32-16-8-5-9-17-32,33-18-10-6-11-19-33)34-20-12-7-13-21-34/h5-27,51H,28-29H2,1-4H3. The Morgan fingerprint density at radius 3 is 1.72 bits per heavy atom. The highest BCUT2D eigenvalue weighted by molar-refractivity contribution is 5.89. The molecule has 266 valence electrons. The van der Waals surface area contributed by atoms with E-state index in [1.807, 2.05) is 91.0 Å². The van der Waals surface area contributed by atoms with E-state index in [9.17, 15) is 9.90 Å². The highest BCUT2D eigenvalue weighted by Crippen LogP contribution is 2.58. The summed E-state index contributed by atoms with van der Waals surface area (Å²) in [5.74, 6) is -0.0936. The first-order valence-corrected chi connectivity index (χ1v) is 17.3. The summed E-state index contributed by atoms with van der Waals surface area (Å²) in [6, 6.07) is 47.1. The lowest BCUT2D eigenvalue weighted by Crippen LogP contribution is -2.48. The molecule has 0 atom stereocenters. The molecule has 0 aliphatic carbocycles. The van der Waals surface area contributed by atoms with Gasteiger partial charge in [0, 0.05) is 19.2 Å². The van der Waals surface area contributed by atoms with E-state index in [1.165, 1.54) is 7.11 Å². The lowest BCUT2D eigenvalue weighted by atomic mass is 9.59. The maximum absolute atomic E-state index is 13.1. The molecule has 7 rings (SSSR count). The maximum atomic E-state index is 13.1. The Morgan fingerprint density at radius 2 is 1.23 bits per heavy atom. The van der Waals surface area contributed by atoms with E-state index in [1.54, 1.807) is 25.5 Å². The number of hydrogen-bond donors (Lipinski definition) is 1. The van der Waals surface area contributed by atoms with Crippen LogP contribution >= 0.6 is 0 Å². The van der Waals surface area contributed by atoms with Crippen molar-refractivity contribution in [1.82, 2.24) is 9.55 Å². The molecular formula is C43H40N6O4. The number of methoxy groups -OCH3 is 2. The van der Waals surface area contributed by atoms with Crippen LogP contribution in [-0.4, -0.2) is 34.8 Å². The molecule has 0 amide bonds. The van der Waals surface area contributed by atoms with Gasteiger partial charge in [-0.3, -0.25) is 0 Å². The molecule has 1 aliphatic rings. The zero-order chi connectivity index (χ0) is 37.1. The Labute approximate surface area is 308 Å². The van der Waals surface area contributed by atoms with Crippen LogP contribution in [0.3, 0.4) is 0 Å². The van der Waals surface area contributed by atoms with Gasteiger partial charge in [0.25, 0.3) is 0 Å². The summed E-state index contributed by atoms with van der Waals surface area (Å²) in [7, 11) is 2.87. The summed E-state index contributed by atoms with van der Waals surface area (Å²) in [5.41, 5.74) is 3.24. The van der Waals surface area contributed by atoms with Crippen molar-refractivity contribution in [2.75, 3.05) is 14.2 Å². The molecule has 10 heteroatoms. The molecule has 0 radical (unpaired) electrons. The van der Waals surface area contributed by atoms with Gasteiger partial charge in [0.2, 0.25) is 5.66 Å². The number of esters is 1. The molecule has 0 spiro atoms. The van der Waals surface area contributed by atoms with E-state index in [0.717, 1.165) is 38.9 Å². The molecule has 10 nitrogen and oxygen atoms in total. The Bertz CT molecular complexity index is 2150. The topological polar surface area (TPSA) is 123 Å². The summed E-state index contributed by atoms with van der Waals surface area (Å²) in [6.07, 6.45) is 0. The van der Waals surface area contributed by atoms with Crippen molar-refractivity contribution >= 4 is 5.97 Å². The van der Waals surface area contributed by atoms with Crippen LogP contribution in [0.1, 0.15) is 63.7 Å². The third kappa shape index (κ3) is 6.15. The number of ether oxygens (including phenoxy) is 2. The van der Waals surface area contributed by atoms with Crippen LogP contribution in [0.25, 0.3) is 11.1 Å². The summed E-state index contributed by atoms with van der Waals surface area (Å²) in [6.45, 7) is 3.61.